The van der Waals surface area contributed by atoms with Crippen LogP contribution >= 0.6 is 11.3 Å². The molecule has 24 heavy (non-hydrogen) atoms. The lowest BCUT2D eigenvalue weighted by atomic mass is 10.0. The number of fused-ring (bicyclic) bond motifs is 2. The van der Waals surface area contributed by atoms with Crippen LogP contribution in [0.2, 0.25) is 0 Å². The predicted molar refractivity (Wildman–Crippen MR) is 95.0 cm³/mol. The minimum atomic E-state index is 0.0683. The van der Waals surface area contributed by atoms with Crippen LogP contribution in [-0.4, -0.2) is 27.9 Å². The third-order valence-electron chi connectivity index (χ3n) is 5.52. The van der Waals surface area contributed by atoms with Gasteiger partial charge in [0.2, 0.25) is 0 Å². The lowest BCUT2D eigenvalue weighted by Gasteiger charge is -2.39. The van der Waals surface area contributed by atoms with Gasteiger partial charge in [-0.2, -0.15) is 5.10 Å². The molecule has 6 heteroatoms. The van der Waals surface area contributed by atoms with Crippen molar-refractivity contribution >= 4 is 16.5 Å². The molecule has 2 aliphatic carbocycles. The molecule has 3 heterocycles. The van der Waals surface area contributed by atoms with Crippen molar-refractivity contribution in [2.75, 3.05) is 18.0 Å². The van der Waals surface area contributed by atoms with Gasteiger partial charge in [0.25, 0.3) is 5.56 Å². The van der Waals surface area contributed by atoms with Crippen molar-refractivity contribution in [1.82, 2.24) is 14.8 Å². The van der Waals surface area contributed by atoms with Gasteiger partial charge in [-0.05, 0) is 50.5 Å². The lowest BCUT2D eigenvalue weighted by molar-refractivity contribution is 0.333. The summed E-state index contributed by atoms with van der Waals surface area (Å²) in [6.07, 6.45) is 8.13. The summed E-state index contributed by atoms with van der Waals surface area (Å²) in [5.74, 6) is 0.510. The van der Waals surface area contributed by atoms with E-state index in [0.29, 0.717) is 5.92 Å². The third kappa shape index (κ3) is 2.48. The highest BCUT2D eigenvalue weighted by Crippen LogP contribution is 2.35. The number of anilines is 1. The Morgan fingerprint density at radius 3 is 2.79 bits per heavy atom. The lowest BCUT2D eigenvalue weighted by Crippen LogP contribution is -2.49. The minimum absolute atomic E-state index is 0.0683. The van der Waals surface area contributed by atoms with Crippen molar-refractivity contribution in [2.24, 2.45) is 5.92 Å². The molecule has 5 nitrogen and oxygen atoms in total. The molecule has 0 bridgehead atoms. The molecule has 0 saturated carbocycles. The second-order valence-electron chi connectivity index (χ2n) is 7.33. The topological polar surface area (TPSA) is 51.0 Å². The number of aromatic nitrogens is 3. The van der Waals surface area contributed by atoms with E-state index < -0.39 is 0 Å². The number of hydrogen-bond donors (Lipinski definition) is 0. The molecule has 0 radical (unpaired) electrons. The van der Waals surface area contributed by atoms with Crippen molar-refractivity contribution in [3.8, 4) is 0 Å². The molecule has 0 aromatic carbocycles. The molecule has 0 spiro atoms. The third-order valence-corrected chi connectivity index (χ3v) is 6.74. The molecule has 0 unspecified atom stereocenters. The van der Waals surface area contributed by atoms with E-state index in [1.54, 1.807) is 10.7 Å². The van der Waals surface area contributed by atoms with Gasteiger partial charge >= 0.3 is 0 Å². The highest BCUT2D eigenvalue weighted by molar-refractivity contribution is 7.15. The molecule has 0 atom stereocenters. The first-order valence-corrected chi connectivity index (χ1v) is 9.91. The van der Waals surface area contributed by atoms with Gasteiger partial charge in [-0.15, -0.1) is 11.3 Å². The molecule has 3 aliphatic rings. The summed E-state index contributed by atoms with van der Waals surface area (Å²) < 4.78 is 1.69. The van der Waals surface area contributed by atoms with E-state index >= 15 is 0 Å². The molecular formula is C18H22N4OS. The van der Waals surface area contributed by atoms with E-state index in [2.05, 4.69) is 10.00 Å². The number of rotatable bonds is 3. The van der Waals surface area contributed by atoms with Crippen LogP contribution in [0.4, 0.5) is 5.13 Å². The molecule has 0 amide bonds. The second kappa shape index (κ2) is 5.69. The molecule has 126 valence electrons. The van der Waals surface area contributed by atoms with Gasteiger partial charge in [-0.1, -0.05) is 0 Å². The molecule has 1 fully saturated rings. The van der Waals surface area contributed by atoms with E-state index in [1.165, 1.54) is 40.5 Å². The van der Waals surface area contributed by atoms with Gasteiger partial charge in [0.05, 0.1) is 17.9 Å². The summed E-state index contributed by atoms with van der Waals surface area (Å²) in [4.78, 5) is 20.9. The van der Waals surface area contributed by atoms with E-state index in [1.807, 2.05) is 11.3 Å². The smallest absolute Gasteiger partial charge is 0.267 e. The quantitative estimate of drug-likeness (QED) is 0.858. The first-order valence-electron chi connectivity index (χ1n) is 9.10. The summed E-state index contributed by atoms with van der Waals surface area (Å²) in [7, 11) is 0. The zero-order valence-corrected chi connectivity index (χ0v) is 14.6. The van der Waals surface area contributed by atoms with Crippen LogP contribution in [0.25, 0.3) is 0 Å². The maximum absolute atomic E-state index is 12.2. The first kappa shape index (κ1) is 14.6. The predicted octanol–water partition coefficient (Wildman–Crippen LogP) is 2.20. The fourth-order valence-corrected chi connectivity index (χ4v) is 5.30. The van der Waals surface area contributed by atoms with E-state index in [9.17, 15) is 4.79 Å². The minimum Gasteiger partial charge on any atom is -0.347 e. The molecular weight excluding hydrogens is 320 g/mol. The van der Waals surface area contributed by atoms with Crippen LogP contribution in [0.1, 0.15) is 41.1 Å². The summed E-state index contributed by atoms with van der Waals surface area (Å²) >= 11 is 1.88. The van der Waals surface area contributed by atoms with E-state index in [4.69, 9.17) is 4.98 Å². The zero-order chi connectivity index (χ0) is 16.1. The fourth-order valence-electron chi connectivity index (χ4n) is 4.13. The zero-order valence-electron chi connectivity index (χ0n) is 13.8. The highest BCUT2D eigenvalue weighted by Gasteiger charge is 2.31. The average molecular weight is 342 g/mol. The Morgan fingerprint density at radius 1 is 1.08 bits per heavy atom. The van der Waals surface area contributed by atoms with E-state index in [-0.39, 0.29) is 5.56 Å². The Kier molecular flexibility index (Phi) is 3.47. The van der Waals surface area contributed by atoms with Crippen molar-refractivity contribution in [3.63, 3.8) is 0 Å². The Labute approximate surface area is 145 Å². The second-order valence-corrected chi connectivity index (χ2v) is 8.40. The number of aryl methyl sites for hydroxylation is 4. The largest absolute Gasteiger partial charge is 0.347 e. The van der Waals surface area contributed by atoms with Crippen LogP contribution in [-0.2, 0) is 32.2 Å². The number of hydrogen-bond acceptors (Lipinski definition) is 5. The van der Waals surface area contributed by atoms with Gasteiger partial charge in [0.15, 0.2) is 5.13 Å². The summed E-state index contributed by atoms with van der Waals surface area (Å²) in [6, 6.07) is 1.81. The SMILES string of the molecule is O=c1cc2c(nn1CC1CN(c3nc4c(s3)CCCC4)C1)CCC2. The molecule has 0 N–H and O–H groups in total. The van der Waals surface area contributed by atoms with Crippen molar-refractivity contribution in [2.45, 2.75) is 51.5 Å². The summed E-state index contributed by atoms with van der Waals surface area (Å²) in [6.45, 7) is 2.74. The Morgan fingerprint density at radius 2 is 1.92 bits per heavy atom. The van der Waals surface area contributed by atoms with Crippen LogP contribution in [0.5, 0.6) is 0 Å². The Balaban J connectivity index is 1.26. The van der Waals surface area contributed by atoms with Crippen LogP contribution < -0.4 is 10.5 Å². The Bertz CT molecular complexity index is 811. The van der Waals surface area contributed by atoms with Crippen LogP contribution in [0.3, 0.4) is 0 Å². The molecule has 2 aromatic heterocycles. The standard InChI is InChI=1S/C18H22N4OS/c23-17-8-13-4-3-6-14(13)20-22(17)11-12-9-21(10-12)18-19-15-5-1-2-7-16(15)24-18/h8,12H,1-7,9-11H2. The summed E-state index contributed by atoms with van der Waals surface area (Å²) in [5, 5.41) is 5.79. The van der Waals surface area contributed by atoms with Crippen LogP contribution in [0.15, 0.2) is 10.9 Å². The van der Waals surface area contributed by atoms with Gasteiger partial charge in [0.1, 0.15) is 0 Å². The number of nitrogens with zero attached hydrogens (tertiary/aromatic N) is 4. The maximum atomic E-state index is 12.2. The molecule has 5 rings (SSSR count). The Hall–Kier alpha value is -1.69. The maximum Gasteiger partial charge on any atom is 0.267 e. The van der Waals surface area contributed by atoms with Gasteiger partial charge in [-0.25, -0.2) is 9.67 Å². The average Bonchev–Trinajstić information content (AvgIpc) is 3.15. The van der Waals surface area contributed by atoms with Crippen molar-refractivity contribution in [1.29, 1.82) is 0 Å². The van der Waals surface area contributed by atoms with Gasteiger partial charge in [0, 0.05) is 30.0 Å². The van der Waals surface area contributed by atoms with Crippen LogP contribution in [0, 0.1) is 5.92 Å². The van der Waals surface area contributed by atoms with E-state index in [0.717, 1.165) is 51.0 Å². The number of thiazole rings is 1. The van der Waals surface area contributed by atoms with Gasteiger partial charge in [-0.3, -0.25) is 4.79 Å². The molecule has 1 aliphatic heterocycles. The molecule has 1 saturated heterocycles. The molecule has 2 aromatic rings. The monoisotopic (exact) mass is 342 g/mol. The first-order chi connectivity index (χ1) is 11.8. The van der Waals surface area contributed by atoms with Crippen molar-refractivity contribution < 1.29 is 0 Å². The van der Waals surface area contributed by atoms with Gasteiger partial charge < -0.3 is 4.90 Å². The normalized spacial score (nSPS) is 19.9. The van der Waals surface area contributed by atoms with Crippen molar-refractivity contribution in [3.05, 3.63) is 38.2 Å². The fraction of sp³-hybridized carbons (Fsp3) is 0.611. The highest BCUT2D eigenvalue weighted by atomic mass is 32.1. The summed E-state index contributed by atoms with van der Waals surface area (Å²) in [5.41, 5.74) is 3.71.